The van der Waals surface area contributed by atoms with E-state index in [9.17, 15) is 0 Å². The third-order valence-electron chi connectivity index (χ3n) is 2.64. The van der Waals surface area contributed by atoms with Gasteiger partial charge in [-0.1, -0.05) is 6.07 Å². The first kappa shape index (κ1) is 8.56. The van der Waals surface area contributed by atoms with Gasteiger partial charge in [-0.15, -0.1) is 0 Å². The number of nitrogens with zero attached hydrogens (tertiary/aromatic N) is 2. The lowest BCUT2D eigenvalue weighted by Crippen LogP contribution is -1.99. The Morgan fingerprint density at radius 3 is 2.80 bits per heavy atom. The summed E-state index contributed by atoms with van der Waals surface area (Å²) in [6.07, 6.45) is 3.74. The van der Waals surface area contributed by atoms with Gasteiger partial charge in [-0.05, 0) is 29.3 Å². The first-order valence-corrected chi connectivity index (χ1v) is 5.03. The highest BCUT2D eigenvalue weighted by molar-refractivity contribution is 5.55. The van der Waals surface area contributed by atoms with Crippen LogP contribution >= 0.6 is 0 Å². The number of pyridine rings is 2. The van der Waals surface area contributed by atoms with Gasteiger partial charge in [-0.25, -0.2) is 0 Å². The van der Waals surface area contributed by atoms with Crippen molar-refractivity contribution in [2.75, 3.05) is 0 Å². The van der Waals surface area contributed by atoms with Gasteiger partial charge in [0.05, 0.1) is 11.4 Å². The molecule has 2 aromatic rings. The number of fused-ring (bicyclic) bond motifs is 1. The van der Waals surface area contributed by atoms with E-state index in [0.717, 1.165) is 24.5 Å². The molecule has 15 heavy (non-hydrogen) atoms. The zero-order valence-corrected chi connectivity index (χ0v) is 8.27. The molecular weight excluding hydrogens is 186 g/mol. The number of nitrogens with one attached hydrogen (secondary N) is 1. The van der Waals surface area contributed by atoms with Crippen LogP contribution in [0.5, 0.6) is 0 Å². The second-order valence-electron chi connectivity index (χ2n) is 3.66. The van der Waals surface area contributed by atoms with Gasteiger partial charge in [0.1, 0.15) is 0 Å². The van der Waals surface area contributed by atoms with Crippen molar-refractivity contribution < 1.29 is 0 Å². The van der Waals surface area contributed by atoms with Crippen LogP contribution in [-0.2, 0) is 13.1 Å². The van der Waals surface area contributed by atoms with Crippen LogP contribution in [0, 0.1) is 0 Å². The second kappa shape index (κ2) is 3.44. The molecule has 0 spiro atoms. The lowest BCUT2D eigenvalue weighted by Gasteiger charge is -2.02. The zero-order chi connectivity index (χ0) is 10.1. The van der Waals surface area contributed by atoms with E-state index in [0.29, 0.717) is 0 Å². The van der Waals surface area contributed by atoms with Crippen LogP contribution in [0.15, 0.2) is 36.7 Å². The van der Waals surface area contributed by atoms with Crippen LogP contribution in [-0.4, -0.2) is 9.97 Å². The summed E-state index contributed by atoms with van der Waals surface area (Å²) in [4.78, 5) is 8.71. The third kappa shape index (κ3) is 1.51. The first-order valence-electron chi connectivity index (χ1n) is 5.03. The molecular formula is C12H11N3. The topological polar surface area (TPSA) is 37.8 Å². The summed E-state index contributed by atoms with van der Waals surface area (Å²) in [7, 11) is 0. The van der Waals surface area contributed by atoms with Gasteiger partial charge < -0.3 is 5.32 Å². The van der Waals surface area contributed by atoms with E-state index in [1.165, 1.54) is 11.1 Å². The fourth-order valence-electron chi connectivity index (χ4n) is 1.84. The Hall–Kier alpha value is -1.74. The number of hydrogen-bond donors (Lipinski definition) is 1. The molecule has 2 aromatic heterocycles. The summed E-state index contributed by atoms with van der Waals surface area (Å²) in [5, 5.41) is 3.31. The molecule has 0 bridgehead atoms. The summed E-state index contributed by atoms with van der Waals surface area (Å²) < 4.78 is 0. The minimum Gasteiger partial charge on any atom is -0.309 e. The third-order valence-corrected chi connectivity index (χ3v) is 2.64. The van der Waals surface area contributed by atoms with Crippen LogP contribution in [0.4, 0.5) is 0 Å². The van der Waals surface area contributed by atoms with Gasteiger partial charge in [0.25, 0.3) is 0 Å². The Balaban J connectivity index is 2.07. The summed E-state index contributed by atoms with van der Waals surface area (Å²) in [5.41, 5.74) is 4.53. The van der Waals surface area contributed by atoms with Gasteiger partial charge in [0, 0.05) is 25.5 Å². The van der Waals surface area contributed by atoms with Gasteiger partial charge in [-0.2, -0.15) is 0 Å². The maximum Gasteiger partial charge on any atom is 0.0889 e. The van der Waals surface area contributed by atoms with Crippen molar-refractivity contribution >= 4 is 0 Å². The molecule has 0 aromatic carbocycles. The average Bonchev–Trinajstić information content (AvgIpc) is 2.77. The fourth-order valence-corrected chi connectivity index (χ4v) is 1.84. The lowest BCUT2D eigenvalue weighted by atomic mass is 10.1. The van der Waals surface area contributed by atoms with Crippen LogP contribution in [0.2, 0.25) is 0 Å². The Kier molecular flexibility index (Phi) is 1.96. The minimum atomic E-state index is 0.935. The van der Waals surface area contributed by atoms with Crippen LogP contribution < -0.4 is 5.32 Å². The van der Waals surface area contributed by atoms with Crippen molar-refractivity contribution in [2.24, 2.45) is 0 Å². The van der Waals surface area contributed by atoms with Crippen LogP contribution in [0.25, 0.3) is 11.4 Å². The van der Waals surface area contributed by atoms with E-state index in [-0.39, 0.29) is 0 Å². The van der Waals surface area contributed by atoms with Crippen LogP contribution in [0.3, 0.4) is 0 Å². The quantitative estimate of drug-likeness (QED) is 0.756. The van der Waals surface area contributed by atoms with Gasteiger partial charge in [-0.3, -0.25) is 9.97 Å². The van der Waals surface area contributed by atoms with Gasteiger partial charge >= 0.3 is 0 Å². The van der Waals surface area contributed by atoms with Crippen LogP contribution in [0.1, 0.15) is 11.1 Å². The maximum absolute atomic E-state index is 4.42. The highest BCUT2D eigenvalue weighted by Crippen LogP contribution is 2.20. The molecule has 0 atom stereocenters. The molecule has 0 saturated carbocycles. The average molecular weight is 197 g/mol. The van der Waals surface area contributed by atoms with E-state index in [1.807, 2.05) is 24.4 Å². The van der Waals surface area contributed by atoms with Gasteiger partial charge in [0.15, 0.2) is 0 Å². The Morgan fingerprint density at radius 1 is 1.00 bits per heavy atom. The predicted molar refractivity (Wildman–Crippen MR) is 58.0 cm³/mol. The first-order chi connectivity index (χ1) is 7.43. The molecule has 3 heterocycles. The molecule has 0 radical (unpaired) electrons. The molecule has 0 saturated heterocycles. The Bertz CT molecular complexity index is 479. The number of aromatic nitrogens is 2. The molecule has 0 aliphatic carbocycles. The van der Waals surface area contributed by atoms with Crippen molar-refractivity contribution in [3.63, 3.8) is 0 Å². The van der Waals surface area contributed by atoms with Gasteiger partial charge in [0.2, 0.25) is 0 Å². The maximum atomic E-state index is 4.42. The SMILES string of the molecule is c1ccc(-c2cc3c(cn2)CNC3)nc1. The lowest BCUT2D eigenvalue weighted by molar-refractivity contribution is 0.764. The van der Waals surface area contributed by atoms with Crippen molar-refractivity contribution in [3.05, 3.63) is 47.8 Å². The van der Waals surface area contributed by atoms with Crippen molar-refractivity contribution in [1.29, 1.82) is 0 Å². The van der Waals surface area contributed by atoms with E-state index in [1.54, 1.807) is 6.20 Å². The fraction of sp³-hybridized carbons (Fsp3) is 0.167. The smallest absolute Gasteiger partial charge is 0.0889 e. The Labute approximate surface area is 88.2 Å². The minimum absolute atomic E-state index is 0.935. The van der Waals surface area contributed by atoms with Crippen molar-refractivity contribution in [1.82, 2.24) is 15.3 Å². The predicted octanol–water partition coefficient (Wildman–Crippen LogP) is 1.75. The molecule has 0 unspecified atom stereocenters. The molecule has 3 heteroatoms. The van der Waals surface area contributed by atoms with Crippen molar-refractivity contribution in [3.8, 4) is 11.4 Å². The molecule has 1 aliphatic heterocycles. The second-order valence-corrected chi connectivity index (χ2v) is 3.66. The molecule has 0 amide bonds. The van der Waals surface area contributed by atoms with E-state index >= 15 is 0 Å². The number of rotatable bonds is 1. The standard InChI is InChI=1S/C12H11N3/c1-2-4-14-11(3-1)12-5-9-6-13-7-10(9)8-15-12/h1-5,8,13H,6-7H2. The molecule has 3 nitrogen and oxygen atoms in total. The largest absolute Gasteiger partial charge is 0.309 e. The summed E-state index contributed by atoms with van der Waals surface area (Å²) in [5.74, 6) is 0. The normalized spacial score (nSPS) is 13.9. The molecule has 74 valence electrons. The summed E-state index contributed by atoms with van der Waals surface area (Å²) in [6.45, 7) is 1.88. The molecule has 0 fully saturated rings. The summed E-state index contributed by atoms with van der Waals surface area (Å²) in [6, 6.07) is 8.00. The monoisotopic (exact) mass is 197 g/mol. The summed E-state index contributed by atoms with van der Waals surface area (Å²) >= 11 is 0. The highest BCUT2D eigenvalue weighted by atomic mass is 14.9. The molecule has 1 aliphatic rings. The van der Waals surface area contributed by atoms with E-state index in [4.69, 9.17) is 0 Å². The number of hydrogen-bond acceptors (Lipinski definition) is 3. The molecule has 3 rings (SSSR count). The van der Waals surface area contributed by atoms with E-state index < -0.39 is 0 Å². The Morgan fingerprint density at radius 2 is 1.93 bits per heavy atom. The zero-order valence-electron chi connectivity index (χ0n) is 8.27. The van der Waals surface area contributed by atoms with Crippen molar-refractivity contribution in [2.45, 2.75) is 13.1 Å². The highest BCUT2D eigenvalue weighted by Gasteiger charge is 2.11. The molecule has 1 N–H and O–H groups in total. The van der Waals surface area contributed by atoms with E-state index in [2.05, 4.69) is 21.4 Å².